The van der Waals surface area contributed by atoms with Gasteiger partial charge >= 0.3 is 0 Å². The molecule has 1 aliphatic rings. The summed E-state index contributed by atoms with van der Waals surface area (Å²) in [5.74, 6) is 0. The molecule has 0 unspecified atom stereocenters. The molecule has 0 amide bonds. The van der Waals surface area contributed by atoms with Gasteiger partial charge in [-0.25, -0.2) is 9.97 Å². The van der Waals surface area contributed by atoms with Gasteiger partial charge in [0.1, 0.15) is 0 Å². The largest absolute Gasteiger partial charge is 0.361 e. The average Bonchev–Trinajstić information content (AvgIpc) is 2.61. The quantitative estimate of drug-likeness (QED) is 0.383. The highest BCUT2D eigenvalue weighted by Gasteiger charge is 2.17. The van der Waals surface area contributed by atoms with Crippen LogP contribution in [0.3, 0.4) is 0 Å². The molecule has 0 radical (unpaired) electrons. The van der Waals surface area contributed by atoms with Crippen LogP contribution in [0.5, 0.6) is 0 Å². The maximum absolute atomic E-state index is 4.90. The zero-order valence-electron chi connectivity index (χ0n) is 11.9. The fourth-order valence-corrected chi connectivity index (χ4v) is 3.27. The molecule has 22 heavy (non-hydrogen) atoms. The lowest BCUT2D eigenvalue weighted by Gasteiger charge is -2.18. The summed E-state index contributed by atoms with van der Waals surface area (Å²) in [6, 6.07) is 16.5. The van der Waals surface area contributed by atoms with Gasteiger partial charge in [0.05, 0.1) is 27.8 Å². The standard InChI is InChI=1S/C19H13N3/c1-2-7-13-12(6-1)17-14(8-5-11-20-17)19-18(13)21-15-9-3-4-10-16(15)22-19/h1-7,9-11,20H,8H2. The molecular weight excluding hydrogens is 270 g/mol. The van der Waals surface area contributed by atoms with Crippen LogP contribution in [-0.2, 0) is 6.42 Å². The summed E-state index contributed by atoms with van der Waals surface area (Å²) >= 11 is 0. The number of rotatable bonds is 0. The van der Waals surface area contributed by atoms with Crippen molar-refractivity contribution in [3.05, 3.63) is 66.4 Å². The van der Waals surface area contributed by atoms with E-state index in [1.807, 2.05) is 30.5 Å². The Balaban J connectivity index is 2.07. The summed E-state index contributed by atoms with van der Waals surface area (Å²) in [5.41, 5.74) is 6.28. The van der Waals surface area contributed by atoms with Gasteiger partial charge in [-0.2, -0.15) is 0 Å². The molecule has 3 heteroatoms. The van der Waals surface area contributed by atoms with Gasteiger partial charge in [-0.3, -0.25) is 0 Å². The Hall–Kier alpha value is -2.94. The van der Waals surface area contributed by atoms with Crippen LogP contribution in [-0.4, -0.2) is 9.97 Å². The van der Waals surface area contributed by atoms with Crippen LogP contribution in [0.1, 0.15) is 5.56 Å². The molecule has 1 N–H and O–H groups in total. The Morgan fingerprint density at radius 2 is 1.45 bits per heavy atom. The molecular formula is C19H13N3. The van der Waals surface area contributed by atoms with Crippen molar-refractivity contribution in [2.45, 2.75) is 6.42 Å². The van der Waals surface area contributed by atoms with Crippen molar-refractivity contribution in [2.24, 2.45) is 0 Å². The predicted molar refractivity (Wildman–Crippen MR) is 91.0 cm³/mol. The summed E-state index contributed by atoms with van der Waals surface area (Å²) in [6.07, 6.45) is 5.03. The van der Waals surface area contributed by atoms with Crippen LogP contribution in [0.4, 0.5) is 5.69 Å². The second kappa shape index (κ2) is 4.28. The topological polar surface area (TPSA) is 37.8 Å². The summed E-state index contributed by atoms with van der Waals surface area (Å²) in [4.78, 5) is 9.80. The average molecular weight is 283 g/mol. The monoisotopic (exact) mass is 283 g/mol. The number of nitrogens with one attached hydrogen (secondary N) is 1. The SMILES string of the molecule is C1=CNc2c(c3nc4ccccc4nc3c3ccccc23)C1. The molecule has 0 aliphatic carbocycles. The molecule has 5 rings (SSSR count). The third-order valence-corrected chi connectivity index (χ3v) is 4.28. The molecule has 3 aromatic carbocycles. The zero-order chi connectivity index (χ0) is 14.5. The first-order valence-corrected chi connectivity index (χ1v) is 7.43. The number of hydrogen-bond donors (Lipinski definition) is 1. The van der Waals surface area contributed by atoms with Crippen LogP contribution < -0.4 is 5.32 Å². The van der Waals surface area contributed by atoms with Crippen LogP contribution in [0.2, 0.25) is 0 Å². The Labute approximate surface area is 127 Å². The minimum atomic E-state index is 0.886. The molecule has 0 atom stereocenters. The van der Waals surface area contributed by atoms with E-state index in [0.717, 1.165) is 39.6 Å². The van der Waals surface area contributed by atoms with Gasteiger partial charge in [0.25, 0.3) is 0 Å². The fraction of sp³-hybridized carbons (Fsp3) is 0.0526. The zero-order valence-corrected chi connectivity index (χ0v) is 11.9. The van der Waals surface area contributed by atoms with Crippen LogP contribution in [0.15, 0.2) is 60.8 Å². The van der Waals surface area contributed by atoms with Gasteiger partial charge in [0.2, 0.25) is 0 Å². The molecule has 2 heterocycles. The van der Waals surface area contributed by atoms with Crippen molar-refractivity contribution >= 4 is 38.5 Å². The number of allylic oxidation sites excluding steroid dienone is 1. The Kier molecular flexibility index (Phi) is 2.27. The number of anilines is 1. The fourth-order valence-electron chi connectivity index (χ4n) is 3.27. The van der Waals surface area contributed by atoms with Gasteiger partial charge in [-0.1, -0.05) is 42.5 Å². The summed E-state index contributed by atoms with van der Waals surface area (Å²) < 4.78 is 0. The number of benzene rings is 3. The van der Waals surface area contributed by atoms with E-state index in [0.29, 0.717) is 0 Å². The first-order chi connectivity index (χ1) is 10.9. The van der Waals surface area contributed by atoms with E-state index in [4.69, 9.17) is 9.97 Å². The van der Waals surface area contributed by atoms with Gasteiger partial charge in [-0.15, -0.1) is 0 Å². The number of para-hydroxylation sites is 2. The van der Waals surface area contributed by atoms with Crippen LogP contribution >= 0.6 is 0 Å². The van der Waals surface area contributed by atoms with E-state index in [1.165, 1.54) is 10.9 Å². The molecule has 104 valence electrons. The van der Waals surface area contributed by atoms with Gasteiger partial charge < -0.3 is 5.32 Å². The highest BCUT2D eigenvalue weighted by atomic mass is 14.9. The van der Waals surface area contributed by atoms with Gasteiger partial charge in [0, 0.05) is 16.3 Å². The second-order valence-electron chi connectivity index (χ2n) is 5.56. The third-order valence-electron chi connectivity index (χ3n) is 4.28. The van der Waals surface area contributed by atoms with Crippen molar-refractivity contribution in [2.75, 3.05) is 5.32 Å². The first kappa shape index (κ1) is 11.7. The number of aromatic nitrogens is 2. The van der Waals surface area contributed by atoms with Crippen LogP contribution in [0, 0.1) is 0 Å². The second-order valence-corrected chi connectivity index (χ2v) is 5.56. The molecule has 0 saturated heterocycles. The Morgan fingerprint density at radius 1 is 0.773 bits per heavy atom. The van der Waals surface area contributed by atoms with Gasteiger partial charge in [0.15, 0.2) is 0 Å². The van der Waals surface area contributed by atoms with E-state index in [-0.39, 0.29) is 0 Å². The minimum Gasteiger partial charge on any atom is -0.361 e. The van der Waals surface area contributed by atoms with E-state index in [1.54, 1.807) is 0 Å². The smallest absolute Gasteiger partial charge is 0.0977 e. The molecule has 4 aromatic rings. The van der Waals surface area contributed by atoms with Crippen molar-refractivity contribution < 1.29 is 0 Å². The van der Waals surface area contributed by atoms with E-state index in [9.17, 15) is 0 Å². The lowest BCUT2D eigenvalue weighted by Crippen LogP contribution is -2.04. The Bertz CT molecular complexity index is 1080. The van der Waals surface area contributed by atoms with Crippen molar-refractivity contribution in [1.29, 1.82) is 0 Å². The molecule has 1 aromatic heterocycles. The molecule has 0 bridgehead atoms. The lowest BCUT2D eigenvalue weighted by molar-refractivity contribution is 1.23. The molecule has 0 saturated carbocycles. The molecule has 1 aliphatic heterocycles. The molecule has 3 nitrogen and oxygen atoms in total. The third kappa shape index (κ3) is 1.51. The summed E-state index contributed by atoms with van der Waals surface area (Å²) in [5, 5.41) is 5.76. The van der Waals surface area contributed by atoms with Crippen molar-refractivity contribution in [3.63, 3.8) is 0 Å². The van der Waals surface area contributed by atoms with Crippen LogP contribution in [0.25, 0.3) is 32.8 Å². The van der Waals surface area contributed by atoms with E-state index >= 15 is 0 Å². The summed E-state index contributed by atoms with van der Waals surface area (Å²) in [7, 11) is 0. The number of fused-ring (bicyclic) bond motifs is 7. The maximum atomic E-state index is 4.90. The normalized spacial score (nSPS) is 13.5. The lowest BCUT2D eigenvalue weighted by atomic mass is 9.97. The van der Waals surface area contributed by atoms with Gasteiger partial charge in [-0.05, 0) is 24.8 Å². The summed E-state index contributed by atoms with van der Waals surface area (Å²) in [6.45, 7) is 0. The highest BCUT2D eigenvalue weighted by Crippen LogP contribution is 2.37. The molecule has 0 spiro atoms. The maximum Gasteiger partial charge on any atom is 0.0977 e. The minimum absolute atomic E-state index is 0.886. The predicted octanol–water partition coefficient (Wildman–Crippen LogP) is 4.42. The molecule has 0 fully saturated rings. The highest BCUT2D eigenvalue weighted by molar-refractivity contribution is 6.14. The van der Waals surface area contributed by atoms with Crippen molar-refractivity contribution in [3.8, 4) is 0 Å². The number of hydrogen-bond acceptors (Lipinski definition) is 3. The van der Waals surface area contributed by atoms with E-state index in [2.05, 4.69) is 35.7 Å². The Morgan fingerprint density at radius 3 is 2.27 bits per heavy atom. The van der Waals surface area contributed by atoms with E-state index < -0.39 is 0 Å². The number of nitrogens with zero attached hydrogens (tertiary/aromatic N) is 2. The first-order valence-electron chi connectivity index (χ1n) is 7.43. The van der Waals surface area contributed by atoms with Crippen molar-refractivity contribution in [1.82, 2.24) is 9.97 Å².